The zero-order chi connectivity index (χ0) is 13.2. The van der Waals surface area contributed by atoms with E-state index in [9.17, 15) is 4.79 Å². The Morgan fingerprint density at radius 2 is 2.05 bits per heavy atom. The van der Waals surface area contributed by atoms with Crippen LogP contribution in [0, 0.1) is 0 Å². The van der Waals surface area contributed by atoms with Crippen molar-refractivity contribution in [3.05, 3.63) is 39.4 Å². The molecule has 0 spiro atoms. The Morgan fingerprint density at radius 3 is 2.84 bits per heavy atom. The Morgan fingerprint density at radius 1 is 1.26 bits per heavy atom. The van der Waals surface area contributed by atoms with Crippen LogP contribution in [0.15, 0.2) is 23.0 Å². The molecule has 2 heterocycles. The van der Waals surface area contributed by atoms with Crippen LogP contribution in [0.1, 0.15) is 25.1 Å². The van der Waals surface area contributed by atoms with Crippen LogP contribution in [0.2, 0.25) is 5.02 Å². The summed E-state index contributed by atoms with van der Waals surface area (Å²) in [4.78, 5) is 21.7. The van der Waals surface area contributed by atoms with Gasteiger partial charge < -0.3 is 4.98 Å². The molecule has 2 aromatic rings. The van der Waals surface area contributed by atoms with Gasteiger partial charge in [-0.2, -0.15) is 0 Å². The summed E-state index contributed by atoms with van der Waals surface area (Å²) in [6.07, 6.45) is 3.75. The molecule has 0 bridgehead atoms. The number of halogens is 1. The number of hydrogen-bond acceptors (Lipinski definition) is 3. The number of nitrogens with zero attached hydrogens (tertiary/aromatic N) is 2. The molecule has 0 radical (unpaired) electrons. The van der Waals surface area contributed by atoms with Crippen LogP contribution in [0.25, 0.3) is 10.9 Å². The Kier molecular flexibility index (Phi) is 3.53. The van der Waals surface area contributed by atoms with Gasteiger partial charge in [-0.3, -0.25) is 9.69 Å². The summed E-state index contributed by atoms with van der Waals surface area (Å²) >= 11 is 5.95. The van der Waals surface area contributed by atoms with E-state index in [1.54, 1.807) is 18.2 Å². The van der Waals surface area contributed by atoms with Gasteiger partial charge in [-0.1, -0.05) is 18.0 Å². The van der Waals surface area contributed by atoms with Gasteiger partial charge in [-0.25, -0.2) is 4.98 Å². The molecule has 0 atom stereocenters. The maximum atomic E-state index is 12.0. The molecule has 1 aliphatic heterocycles. The van der Waals surface area contributed by atoms with E-state index >= 15 is 0 Å². The molecule has 19 heavy (non-hydrogen) atoms. The highest BCUT2D eigenvalue weighted by atomic mass is 35.5. The smallest absolute Gasteiger partial charge is 0.258 e. The fourth-order valence-electron chi connectivity index (χ4n) is 2.57. The highest BCUT2D eigenvalue weighted by molar-refractivity contribution is 6.31. The topological polar surface area (TPSA) is 49.0 Å². The molecule has 0 unspecified atom stereocenters. The summed E-state index contributed by atoms with van der Waals surface area (Å²) in [5, 5.41) is 1.20. The molecular weight excluding hydrogens is 262 g/mol. The van der Waals surface area contributed by atoms with E-state index in [4.69, 9.17) is 11.6 Å². The third-order valence-electron chi connectivity index (χ3n) is 3.54. The van der Waals surface area contributed by atoms with Crippen molar-refractivity contribution < 1.29 is 0 Å². The molecule has 1 saturated heterocycles. The zero-order valence-electron chi connectivity index (χ0n) is 10.7. The second-order valence-electron chi connectivity index (χ2n) is 5.01. The minimum atomic E-state index is -0.0892. The predicted octanol–water partition coefficient (Wildman–Crippen LogP) is 2.56. The number of aromatic amines is 1. The lowest BCUT2D eigenvalue weighted by atomic mass is 10.1. The van der Waals surface area contributed by atoms with Crippen molar-refractivity contribution in [1.82, 2.24) is 14.9 Å². The normalized spacial score (nSPS) is 16.9. The Bertz CT molecular complexity index is 647. The highest BCUT2D eigenvalue weighted by Gasteiger charge is 2.12. The number of fused-ring (bicyclic) bond motifs is 1. The molecule has 1 aromatic heterocycles. The molecule has 5 heteroatoms. The van der Waals surface area contributed by atoms with Gasteiger partial charge in [-0.15, -0.1) is 0 Å². The first-order chi connectivity index (χ1) is 9.22. The fourth-order valence-corrected chi connectivity index (χ4v) is 2.73. The van der Waals surface area contributed by atoms with E-state index in [-0.39, 0.29) is 5.56 Å². The predicted molar refractivity (Wildman–Crippen MR) is 76.5 cm³/mol. The van der Waals surface area contributed by atoms with E-state index < -0.39 is 0 Å². The SMILES string of the molecule is O=c1[nH]c(CN2CCCCC2)nc2cc(Cl)ccc12. The van der Waals surface area contributed by atoms with Crippen LogP contribution in [-0.4, -0.2) is 28.0 Å². The van der Waals surface area contributed by atoms with Crippen molar-refractivity contribution in [1.29, 1.82) is 0 Å². The second kappa shape index (κ2) is 5.31. The van der Waals surface area contributed by atoms with Gasteiger partial charge in [0, 0.05) is 5.02 Å². The number of nitrogens with one attached hydrogen (secondary N) is 1. The maximum absolute atomic E-state index is 12.0. The number of likely N-dealkylation sites (tertiary alicyclic amines) is 1. The number of piperidine rings is 1. The zero-order valence-corrected chi connectivity index (χ0v) is 11.4. The molecule has 3 rings (SSSR count). The Balaban J connectivity index is 1.93. The molecule has 0 amide bonds. The van der Waals surface area contributed by atoms with Crippen molar-refractivity contribution in [3.8, 4) is 0 Å². The number of aromatic nitrogens is 2. The number of H-pyrrole nitrogens is 1. The summed E-state index contributed by atoms with van der Waals surface area (Å²) in [6.45, 7) is 2.87. The van der Waals surface area contributed by atoms with Crippen LogP contribution in [0.4, 0.5) is 0 Å². The van der Waals surface area contributed by atoms with Gasteiger partial charge in [0.15, 0.2) is 0 Å². The lowest BCUT2D eigenvalue weighted by Crippen LogP contribution is -2.30. The quantitative estimate of drug-likeness (QED) is 0.918. The van der Waals surface area contributed by atoms with Gasteiger partial charge in [0.1, 0.15) is 5.82 Å². The van der Waals surface area contributed by atoms with Crippen molar-refractivity contribution in [2.75, 3.05) is 13.1 Å². The first-order valence-corrected chi connectivity index (χ1v) is 7.01. The molecule has 1 fully saturated rings. The molecule has 4 nitrogen and oxygen atoms in total. The van der Waals surface area contributed by atoms with Crippen LogP contribution in [0.5, 0.6) is 0 Å². The third kappa shape index (κ3) is 2.80. The lowest BCUT2D eigenvalue weighted by molar-refractivity contribution is 0.216. The molecule has 0 aliphatic carbocycles. The van der Waals surface area contributed by atoms with Gasteiger partial charge in [0.05, 0.1) is 17.4 Å². The van der Waals surface area contributed by atoms with Crippen LogP contribution in [0.3, 0.4) is 0 Å². The Hall–Kier alpha value is -1.39. The van der Waals surface area contributed by atoms with Gasteiger partial charge in [0.25, 0.3) is 5.56 Å². The van der Waals surface area contributed by atoms with Gasteiger partial charge in [-0.05, 0) is 44.1 Å². The second-order valence-corrected chi connectivity index (χ2v) is 5.45. The summed E-state index contributed by atoms with van der Waals surface area (Å²) < 4.78 is 0. The molecule has 1 aromatic carbocycles. The Labute approximate surface area is 116 Å². The van der Waals surface area contributed by atoms with Crippen LogP contribution < -0.4 is 5.56 Å². The van der Waals surface area contributed by atoms with E-state index in [1.807, 2.05) is 0 Å². The van der Waals surface area contributed by atoms with Gasteiger partial charge in [0.2, 0.25) is 0 Å². The van der Waals surface area contributed by atoms with E-state index in [0.717, 1.165) is 18.9 Å². The van der Waals surface area contributed by atoms with E-state index in [1.165, 1.54) is 19.3 Å². The van der Waals surface area contributed by atoms with Crippen LogP contribution >= 0.6 is 11.6 Å². The number of benzene rings is 1. The molecule has 1 N–H and O–H groups in total. The van der Waals surface area contributed by atoms with Crippen molar-refractivity contribution >= 4 is 22.5 Å². The summed E-state index contributed by atoms with van der Waals surface area (Å²) in [5.41, 5.74) is 0.580. The standard InChI is InChI=1S/C14H16ClN3O/c15-10-4-5-11-12(8-10)16-13(17-14(11)19)9-18-6-2-1-3-7-18/h4-5,8H,1-3,6-7,9H2,(H,16,17,19). The molecule has 100 valence electrons. The molecular formula is C14H16ClN3O. The highest BCUT2D eigenvalue weighted by Crippen LogP contribution is 2.16. The number of rotatable bonds is 2. The molecule has 0 saturated carbocycles. The van der Waals surface area contributed by atoms with Crippen molar-refractivity contribution in [2.45, 2.75) is 25.8 Å². The van der Waals surface area contributed by atoms with Crippen molar-refractivity contribution in [3.63, 3.8) is 0 Å². The first-order valence-electron chi connectivity index (χ1n) is 6.63. The van der Waals surface area contributed by atoms with E-state index in [0.29, 0.717) is 22.5 Å². The third-order valence-corrected chi connectivity index (χ3v) is 3.77. The maximum Gasteiger partial charge on any atom is 0.258 e. The van der Waals surface area contributed by atoms with Crippen molar-refractivity contribution in [2.24, 2.45) is 0 Å². The first kappa shape index (κ1) is 12.6. The molecule has 1 aliphatic rings. The monoisotopic (exact) mass is 277 g/mol. The minimum absolute atomic E-state index is 0.0892. The van der Waals surface area contributed by atoms with Gasteiger partial charge >= 0.3 is 0 Å². The largest absolute Gasteiger partial charge is 0.309 e. The fraction of sp³-hybridized carbons (Fsp3) is 0.429. The van der Waals surface area contributed by atoms with Crippen LogP contribution in [-0.2, 0) is 6.54 Å². The summed E-state index contributed by atoms with van der Waals surface area (Å²) in [6, 6.07) is 5.17. The summed E-state index contributed by atoms with van der Waals surface area (Å²) in [5.74, 6) is 0.724. The average Bonchev–Trinajstić information content (AvgIpc) is 2.39. The average molecular weight is 278 g/mol. The van der Waals surface area contributed by atoms with E-state index in [2.05, 4.69) is 14.9 Å². The number of hydrogen-bond donors (Lipinski definition) is 1. The summed E-state index contributed by atoms with van der Waals surface area (Å²) in [7, 11) is 0. The lowest BCUT2D eigenvalue weighted by Gasteiger charge is -2.25. The minimum Gasteiger partial charge on any atom is -0.309 e.